The van der Waals surface area contributed by atoms with Gasteiger partial charge in [-0.3, -0.25) is 18.8 Å². The van der Waals surface area contributed by atoms with Crippen LogP contribution < -0.4 is 5.32 Å². The molecule has 0 spiro atoms. The molecule has 1 N–H and O–H groups in total. The van der Waals surface area contributed by atoms with Crippen molar-refractivity contribution in [3.63, 3.8) is 0 Å². The van der Waals surface area contributed by atoms with Crippen molar-refractivity contribution in [2.75, 3.05) is 32.7 Å². The molecule has 0 radical (unpaired) electrons. The molecule has 0 aliphatic carbocycles. The molecule has 0 aromatic rings. The van der Waals surface area contributed by atoms with Gasteiger partial charge in [-0.25, -0.2) is 4.79 Å². The summed E-state index contributed by atoms with van der Waals surface area (Å²) in [6, 6.07) is -0.300. The summed E-state index contributed by atoms with van der Waals surface area (Å²) in [5.74, 6) is -0.162. The molecule has 2 fully saturated rings. The fraction of sp³-hybridized carbons (Fsp3) is 0.833. The topological polar surface area (TPSA) is 69.7 Å². The van der Waals surface area contributed by atoms with Crippen molar-refractivity contribution >= 4 is 22.7 Å². The second-order valence-electron chi connectivity index (χ2n) is 5.14. The van der Waals surface area contributed by atoms with Crippen molar-refractivity contribution in [3.8, 4) is 0 Å². The number of nitrogens with one attached hydrogen (secondary N) is 1. The predicted molar refractivity (Wildman–Crippen MR) is 73.2 cm³/mol. The van der Waals surface area contributed by atoms with Gasteiger partial charge >= 0.3 is 6.03 Å². The standard InChI is InChI=1S/C12H21N3O3S/c1-3-10-7-14(6-9(2)19(10)18)8-11(16)15-5-4-13-12(15)17/h9-10H,3-8H2,1-2H3,(H,13,17). The third kappa shape index (κ3) is 3.14. The molecule has 3 atom stereocenters. The lowest BCUT2D eigenvalue weighted by Crippen LogP contribution is -2.51. The zero-order chi connectivity index (χ0) is 14.0. The highest BCUT2D eigenvalue weighted by Gasteiger charge is 2.33. The molecule has 0 bridgehead atoms. The summed E-state index contributed by atoms with van der Waals surface area (Å²) < 4.78 is 12.0. The highest BCUT2D eigenvalue weighted by Crippen LogP contribution is 2.17. The van der Waals surface area contributed by atoms with Crippen molar-refractivity contribution in [3.05, 3.63) is 0 Å². The lowest BCUT2D eigenvalue weighted by molar-refractivity contribution is -0.128. The van der Waals surface area contributed by atoms with Gasteiger partial charge in [0.1, 0.15) is 0 Å². The first-order chi connectivity index (χ1) is 9.02. The van der Waals surface area contributed by atoms with E-state index in [1.807, 2.05) is 18.7 Å². The largest absolute Gasteiger partial charge is 0.336 e. The van der Waals surface area contributed by atoms with Gasteiger partial charge < -0.3 is 5.32 Å². The molecule has 6 nitrogen and oxygen atoms in total. The van der Waals surface area contributed by atoms with Gasteiger partial charge in [-0.2, -0.15) is 0 Å². The third-order valence-electron chi connectivity index (χ3n) is 3.67. The average Bonchev–Trinajstić information content (AvgIpc) is 2.79. The van der Waals surface area contributed by atoms with E-state index < -0.39 is 10.8 Å². The van der Waals surface area contributed by atoms with E-state index in [4.69, 9.17) is 0 Å². The number of rotatable bonds is 3. The minimum atomic E-state index is -0.813. The number of imide groups is 1. The Bertz CT molecular complexity index is 402. The second kappa shape index (κ2) is 6.00. The fourth-order valence-corrected chi connectivity index (χ4v) is 4.31. The van der Waals surface area contributed by atoms with Gasteiger partial charge in [0, 0.05) is 47.5 Å². The summed E-state index contributed by atoms with van der Waals surface area (Å²) in [6.07, 6.45) is 0.853. The molecule has 19 heavy (non-hydrogen) atoms. The minimum absolute atomic E-state index is 0.0823. The lowest BCUT2D eigenvalue weighted by Gasteiger charge is -2.35. The highest BCUT2D eigenvalue weighted by molar-refractivity contribution is 7.86. The summed E-state index contributed by atoms with van der Waals surface area (Å²) in [5.41, 5.74) is 0. The summed E-state index contributed by atoms with van der Waals surface area (Å²) in [5, 5.41) is 2.83. The maximum absolute atomic E-state index is 12.1. The van der Waals surface area contributed by atoms with E-state index in [-0.39, 0.29) is 29.0 Å². The van der Waals surface area contributed by atoms with Crippen LogP contribution in [0.5, 0.6) is 0 Å². The SMILES string of the molecule is CCC1CN(CC(=O)N2CCNC2=O)CC(C)S1=O. The molecule has 108 valence electrons. The smallest absolute Gasteiger partial charge is 0.324 e. The first kappa shape index (κ1) is 14.5. The molecule has 3 unspecified atom stereocenters. The van der Waals surface area contributed by atoms with E-state index in [0.717, 1.165) is 6.42 Å². The maximum Gasteiger partial charge on any atom is 0.324 e. The Labute approximate surface area is 116 Å². The molecule has 2 aliphatic heterocycles. The fourth-order valence-electron chi connectivity index (χ4n) is 2.61. The number of hydrogen-bond donors (Lipinski definition) is 1. The van der Waals surface area contributed by atoms with Crippen LogP contribution in [0.3, 0.4) is 0 Å². The molecule has 7 heteroatoms. The Morgan fingerprint density at radius 1 is 1.47 bits per heavy atom. The van der Waals surface area contributed by atoms with Gasteiger partial charge in [0.2, 0.25) is 5.91 Å². The number of carbonyl (C=O) groups excluding carboxylic acids is 2. The summed E-state index contributed by atoms with van der Waals surface area (Å²) in [6.45, 7) is 6.53. The van der Waals surface area contributed by atoms with E-state index in [9.17, 15) is 13.8 Å². The normalized spacial score (nSPS) is 32.4. The molecule has 0 aromatic heterocycles. The van der Waals surface area contributed by atoms with Crippen LogP contribution in [0.1, 0.15) is 20.3 Å². The highest BCUT2D eigenvalue weighted by atomic mass is 32.2. The molecular formula is C12H21N3O3S. The van der Waals surface area contributed by atoms with Crippen LogP contribution in [0.4, 0.5) is 4.79 Å². The van der Waals surface area contributed by atoms with Gasteiger partial charge in [0.25, 0.3) is 0 Å². The van der Waals surface area contributed by atoms with Crippen molar-refractivity contribution in [1.82, 2.24) is 15.1 Å². The van der Waals surface area contributed by atoms with Crippen LogP contribution in [0.2, 0.25) is 0 Å². The Balaban J connectivity index is 1.93. The van der Waals surface area contributed by atoms with Crippen LogP contribution in [0, 0.1) is 0 Å². The maximum atomic E-state index is 12.1. The van der Waals surface area contributed by atoms with Crippen LogP contribution in [-0.4, -0.2) is 69.2 Å². The number of amides is 3. The second-order valence-corrected chi connectivity index (χ2v) is 7.27. The van der Waals surface area contributed by atoms with Gasteiger partial charge in [0.05, 0.1) is 6.54 Å². The average molecular weight is 287 g/mol. The number of nitrogens with zero attached hydrogens (tertiary/aromatic N) is 2. The molecule has 0 aromatic carbocycles. The molecule has 2 rings (SSSR count). The number of carbonyl (C=O) groups is 2. The van der Waals surface area contributed by atoms with Crippen LogP contribution in [-0.2, 0) is 15.6 Å². The van der Waals surface area contributed by atoms with Crippen LogP contribution in [0.15, 0.2) is 0 Å². The molecule has 0 saturated carbocycles. The first-order valence-electron chi connectivity index (χ1n) is 6.72. The Morgan fingerprint density at radius 2 is 2.21 bits per heavy atom. The Kier molecular flexibility index (Phi) is 4.57. The summed E-state index contributed by atoms with van der Waals surface area (Å²) in [4.78, 5) is 26.8. The van der Waals surface area contributed by atoms with Crippen molar-refractivity contribution in [2.45, 2.75) is 30.8 Å². The predicted octanol–water partition coefficient (Wildman–Crippen LogP) is -0.230. The van der Waals surface area contributed by atoms with Crippen molar-refractivity contribution in [2.24, 2.45) is 0 Å². The van der Waals surface area contributed by atoms with E-state index in [1.54, 1.807) is 0 Å². The van der Waals surface area contributed by atoms with Crippen molar-refractivity contribution < 1.29 is 13.8 Å². The minimum Gasteiger partial charge on any atom is -0.336 e. The molecule has 2 aliphatic rings. The van der Waals surface area contributed by atoms with Gasteiger partial charge in [-0.15, -0.1) is 0 Å². The third-order valence-corrected chi connectivity index (χ3v) is 5.76. The Hall–Kier alpha value is -0.950. The molecule has 3 amide bonds. The quantitative estimate of drug-likeness (QED) is 0.778. The van der Waals surface area contributed by atoms with Crippen LogP contribution >= 0.6 is 0 Å². The lowest BCUT2D eigenvalue weighted by atomic mass is 10.2. The van der Waals surface area contributed by atoms with Crippen LogP contribution in [0.25, 0.3) is 0 Å². The summed E-state index contributed by atoms with van der Waals surface area (Å²) in [7, 11) is -0.813. The van der Waals surface area contributed by atoms with E-state index in [2.05, 4.69) is 5.32 Å². The zero-order valence-corrected chi connectivity index (χ0v) is 12.2. The van der Waals surface area contributed by atoms with E-state index in [0.29, 0.717) is 26.2 Å². The first-order valence-corrected chi connectivity index (χ1v) is 8.00. The van der Waals surface area contributed by atoms with Gasteiger partial charge in [-0.05, 0) is 13.3 Å². The van der Waals surface area contributed by atoms with Gasteiger partial charge in [-0.1, -0.05) is 6.92 Å². The van der Waals surface area contributed by atoms with E-state index in [1.165, 1.54) is 4.90 Å². The molecule has 2 saturated heterocycles. The monoisotopic (exact) mass is 287 g/mol. The summed E-state index contributed by atoms with van der Waals surface area (Å²) >= 11 is 0. The molecular weight excluding hydrogens is 266 g/mol. The number of hydrogen-bond acceptors (Lipinski definition) is 4. The Morgan fingerprint density at radius 3 is 2.79 bits per heavy atom. The molecule has 2 heterocycles. The number of urea groups is 1. The van der Waals surface area contributed by atoms with Crippen molar-refractivity contribution in [1.29, 1.82) is 0 Å². The van der Waals surface area contributed by atoms with E-state index >= 15 is 0 Å². The zero-order valence-electron chi connectivity index (χ0n) is 11.4. The van der Waals surface area contributed by atoms with Gasteiger partial charge in [0.15, 0.2) is 0 Å².